The number of fused-ring (bicyclic) bond motifs is 1. The molecular weight excluding hydrogens is 280 g/mol. The standard InChI is InChI=1S/C16H24N4O2/c1-11-7-14(17-10-19(5)6)18-13-9-20(8-12(11)13)15(21)22-16(2,3)4/h7,10H,8-9H2,1-6H3. The molecule has 1 aliphatic rings. The van der Waals surface area contributed by atoms with Crippen LogP contribution < -0.4 is 0 Å². The number of rotatable bonds is 2. The molecule has 1 amide bonds. The first-order chi connectivity index (χ1) is 10.2. The van der Waals surface area contributed by atoms with Crippen molar-refractivity contribution in [1.82, 2.24) is 14.8 Å². The summed E-state index contributed by atoms with van der Waals surface area (Å²) in [6.07, 6.45) is 1.41. The maximum absolute atomic E-state index is 12.2. The highest BCUT2D eigenvalue weighted by Crippen LogP contribution is 2.28. The Morgan fingerprint density at radius 2 is 2.09 bits per heavy atom. The summed E-state index contributed by atoms with van der Waals surface area (Å²) in [5.41, 5.74) is 2.60. The highest BCUT2D eigenvalue weighted by atomic mass is 16.6. The van der Waals surface area contributed by atoms with Gasteiger partial charge in [0.15, 0.2) is 5.82 Å². The fourth-order valence-electron chi connectivity index (χ4n) is 2.22. The maximum atomic E-state index is 12.2. The van der Waals surface area contributed by atoms with Gasteiger partial charge in [-0.3, -0.25) is 4.90 Å². The summed E-state index contributed by atoms with van der Waals surface area (Å²) >= 11 is 0. The van der Waals surface area contributed by atoms with Gasteiger partial charge in [-0.25, -0.2) is 14.8 Å². The van der Waals surface area contributed by atoms with Crippen LogP contribution in [0.25, 0.3) is 0 Å². The van der Waals surface area contributed by atoms with E-state index in [1.165, 1.54) is 0 Å². The minimum atomic E-state index is -0.491. The molecule has 0 saturated carbocycles. The lowest BCUT2D eigenvalue weighted by Gasteiger charge is -2.24. The molecule has 6 heteroatoms. The highest BCUT2D eigenvalue weighted by molar-refractivity contribution is 5.69. The number of aryl methyl sites for hydroxylation is 1. The zero-order valence-corrected chi connectivity index (χ0v) is 14.2. The minimum Gasteiger partial charge on any atom is -0.444 e. The SMILES string of the molecule is Cc1cc(N=CN(C)C)nc2c1CN(C(=O)OC(C)(C)C)C2. The van der Waals surface area contributed by atoms with Crippen LogP contribution in [0.5, 0.6) is 0 Å². The van der Waals surface area contributed by atoms with Gasteiger partial charge >= 0.3 is 6.09 Å². The average Bonchev–Trinajstić information content (AvgIpc) is 2.79. The van der Waals surface area contributed by atoms with Gasteiger partial charge in [0.05, 0.1) is 25.1 Å². The minimum absolute atomic E-state index is 0.303. The Bertz CT molecular complexity index is 603. The zero-order chi connectivity index (χ0) is 16.5. The molecule has 2 heterocycles. The van der Waals surface area contributed by atoms with Crippen LogP contribution in [0.4, 0.5) is 10.6 Å². The predicted octanol–water partition coefficient (Wildman–Crippen LogP) is 2.86. The molecule has 1 aromatic rings. The first-order valence-electron chi connectivity index (χ1n) is 7.33. The summed E-state index contributed by atoms with van der Waals surface area (Å²) in [6, 6.07) is 1.94. The summed E-state index contributed by atoms with van der Waals surface area (Å²) < 4.78 is 5.42. The number of ether oxygens (including phenoxy) is 1. The lowest BCUT2D eigenvalue weighted by atomic mass is 10.1. The Balaban J connectivity index is 2.17. The number of hydrogen-bond acceptors (Lipinski definition) is 4. The van der Waals surface area contributed by atoms with Crippen molar-refractivity contribution < 1.29 is 9.53 Å². The normalized spacial score (nSPS) is 14.4. The summed E-state index contributed by atoms with van der Waals surface area (Å²) in [6.45, 7) is 8.63. The summed E-state index contributed by atoms with van der Waals surface area (Å²) in [5, 5.41) is 0. The number of carbonyl (C=O) groups excluding carboxylic acids is 1. The molecule has 0 saturated heterocycles. The Labute approximate surface area is 131 Å². The second kappa shape index (κ2) is 5.94. The van der Waals surface area contributed by atoms with E-state index in [0.29, 0.717) is 18.9 Å². The molecule has 1 aromatic heterocycles. The third-order valence-electron chi connectivity index (χ3n) is 3.18. The van der Waals surface area contributed by atoms with E-state index in [1.807, 2.05) is 52.8 Å². The number of hydrogen-bond donors (Lipinski definition) is 0. The molecule has 22 heavy (non-hydrogen) atoms. The zero-order valence-electron chi connectivity index (χ0n) is 14.2. The fourth-order valence-corrected chi connectivity index (χ4v) is 2.22. The van der Waals surface area contributed by atoms with E-state index >= 15 is 0 Å². The van der Waals surface area contributed by atoms with Gasteiger partial charge in [0, 0.05) is 14.1 Å². The number of nitrogens with zero attached hydrogens (tertiary/aromatic N) is 4. The van der Waals surface area contributed by atoms with E-state index < -0.39 is 5.60 Å². The third-order valence-corrected chi connectivity index (χ3v) is 3.18. The van der Waals surface area contributed by atoms with Crippen LogP contribution in [0.3, 0.4) is 0 Å². The van der Waals surface area contributed by atoms with Crippen molar-refractivity contribution in [1.29, 1.82) is 0 Å². The first kappa shape index (κ1) is 16.3. The van der Waals surface area contributed by atoms with Gasteiger partial charge in [-0.2, -0.15) is 0 Å². The van der Waals surface area contributed by atoms with Gasteiger partial charge in [0.1, 0.15) is 5.60 Å². The van der Waals surface area contributed by atoms with E-state index in [-0.39, 0.29) is 6.09 Å². The van der Waals surface area contributed by atoms with E-state index in [2.05, 4.69) is 9.98 Å². The largest absolute Gasteiger partial charge is 0.444 e. The van der Waals surface area contributed by atoms with Crippen LogP contribution in [0.2, 0.25) is 0 Å². The van der Waals surface area contributed by atoms with Gasteiger partial charge < -0.3 is 9.64 Å². The van der Waals surface area contributed by atoms with E-state index in [0.717, 1.165) is 16.8 Å². The number of amides is 1. The monoisotopic (exact) mass is 304 g/mol. The van der Waals surface area contributed by atoms with Crippen molar-refractivity contribution in [3.05, 3.63) is 22.9 Å². The third kappa shape index (κ3) is 3.96. The van der Waals surface area contributed by atoms with Gasteiger partial charge in [-0.15, -0.1) is 0 Å². The predicted molar refractivity (Wildman–Crippen MR) is 86.3 cm³/mol. The van der Waals surface area contributed by atoms with Crippen LogP contribution in [-0.2, 0) is 17.8 Å². The van der Waals surface area contributed by atoms with E-state index in [9.17, 15) is 4.79 Å². The number of aromatic nitrogens is 1. The van der Waals surface area contributed by atoms with Crippen molar-refractivity contribution in [2.75, 3.05) is 14.1 Å². The van der Waals surface area contributed by atoms with Gasteiger partial charge in [-0.1, -0.05) is 0 Å². The number of carbonyl (C=O) groups is 1. The Hall–Kier alpha value is -2.11. The second-order valence-electron chi connectivity index (χ2n) is 6.77. The van der Waals surface area contributed by atoms with Crippen LogP contribution in [0, 0.1) is 6.92 Å². The second-order valence-corrected chi connectivity index (χ2v) is 6.77. The fraction of sp³-hybridized carbons (Fsp3) is 0.562. The molecule has 0 bridgehead atoms. The molecule has 2 rings (SSSR count). The Morgan fingerprint density at radius 1 is 1.41 bits per heavy atom. The van der Waals surface area contributed by atoms with Gasteiger partial charge in [0.2, 0.25) is 0 Å². The molecular formula is C16H24N4O2. The van der Waals surface area contributed by atoms with Crippen molar-refractivity contribution in [2.24, 2.45) is 4.99 Å². The molecule has 0 N–H and O–H groups in total. The van der Waals surface area contributed by atoms with Crippen LogP contribution in [-0.4, -0.2) is 46.9 Å². The van der Waals surface area contributed by atoms with Gasteiger partial charge in [-0.05, 0) is 44.9 Å². The molecule has 6 nitrogen and oxygen atoms in total. The van der Waals surface area contributed by atoms with Crippen molar-refractivity contribution >= 4 is 18.2 Å². The molecule has 0 spiro atoms. The van der Waals surface area contributed by atoms with E-state index in [1.54, 1.807) is 11.2 Å². The highest BCUT2D eigenvalue weighted by Gasteiger charge is 2.29. The van der Waals surface area contributed by atoms with Crippen LogP contribution in [0.1, 0.15) is 37.6 Å². The molecule has 120 valence electrons. The summed E-state index contributed by atoms with van der Waals surface area (Å²) in [4.78, 5) is 24.6. The Morgan fingerprint density at radius 3 is 2.68 bits per heavy atom. The first-order valence-corrected chi connectivity index (χ1v) is 7.33. The molecule has 0 atom stereocenters. The van der Waals surface area contributed by atoms with Gasteiger partial charge in [0.25, 0.3) is 0 Å². The smallest absolute Gasteiger partial charge is 0.410 e. The van der Waals surface area contributed by atoms with Crippen LogP contribution >= 0.6 is 0 Å². The molecule has 0 aromatic carbocycles. The summed E-state index contributed by atoms with van der Waals surface area (Å²) in [5.74, 6) is 0.663. The Kier molecular flexibility index (Phi) is 4.39. The molecule has 1 aliphatic heterocycles. The number of pyridine rings is 1. The number of aliphatic imine (C=N–C) groups is 1. The van der Waals surface area contributed by atoms with E-state index in [4.69, 9.17) is 4.74 Å². The molecule has 0 aliphatic carbocycles. The summed E-state index contributed by atoms with van der Waals surface area (Å²) in [7, 11) is 3.82. The van der Waals surface area contributed by atoms with Crippen LogP contribution in [0.15, 0.2) is 11.1 Å². The quantitative estimate of drug-likeness (QED) is 0.623. The topological polar surface area (TPSA) is 58.0 Å². The lowest BCUT2D eigenvalue weighted by Crippen LogP contribution is -2.33. The van der Waals surface area contributed by atoms with Crippen molar-refractivity contribution in [3.8, 4) is 0 Å². The molecule has 0 unspecified atom stereocenters. The molecule has 0 radical (unpaired) electrons. The van der Waals surface area contributed by atoms with Crippen molar-refractivity contribution in [2.45, 2.75) is 46.4 Å². The average molecular weight is 304 g/mol. The maximum Gasteiger partial charge on any atom is 0.410 e. The lowest BCUT2D eigenvalue weighted by molar-refractivity contribution is 0.0240. The van der Waals surface area contributed by atoms with Crippen molar-refractivity contribution in [3.63, 3.8) is 0 Å². The molecule has 0 fully saturated rings.